The summed E-state index contributed by atoms with van der Waals surface area (Å²) in [5.41, 5.74) is 0.140. The molecule has 1 aromatic carbocycles. The minimum atomic E-state index is -1.35. The van der Waals surface area contributed by atoms with Crippen molar-refractivity contribution >= 4 is 29.2 Å². The van der Waals surface area contributed by atoms with Gasteiger partial charge < -0.3 is 24.4 Å². The Labute approximate surface area is 222 Å². The third kappa shape index (κ3) is 6.31. The van der Waals surface area contributed by atoms with E-state index < -0.39 is 23.6 Å². The van der Waals surface area contributed by atoms with Crippen LogP contribution in [0.3, 0.4) is 0 Å². The van der Waals surface area contributed by atoms with E-state index in [1.54, 1.807) is 39.3 Å². The lowest BCUT2D eigenvalue weighted by Gasteiger charge is -2.36. The molecule has 0 aliphatic carbocycles. The number of cyclic esters (lactones) is 2. The van der Waals surface area contributed by atoms with Crippen LogP contribution in [-0.4, -0.2) is 80.3 Å². The van der Waals surface area contributed by atoms with Gasteiger partial charge in [0.15, 0.2) is 5.78 Å². The Kier molecular flexibility index (Phi) is 8.62. The van der Waals surface area contributed by atoms with Crippen LogP contribution in [0.15, 0.2) is 54.7 Å². The van der Waals surface area contributed by atoms with Gasteiger partial charge in [0.25, 0.3) is 6.29 Å². The van der Waals surface area contributed by atoms with Crippen molar-refractivity contribution in [1.82, 2.24) is 9.88 Å². The molecule has 3 heterocycles. The quantitative estimate of drug-likeness (QED) is 0.284. The van der Waals surface area contributed by atoms with E-state index in [0.29, 0.717) is 17.9 Å². The van der Waals surface area contributed by atoms with E-state index in [1.165, 1.54) is 0 Å². The van der Waals surface area contributed by atoms with Crippen molar-refractivity contribution in [1.29, 1.82) is 0 Å². The molecule has 0 saturated carbocycles. The highest BCUT2D eigenvalue weighted by Crippen LogP contribution is 2.32. The number of ether oxygens (including phenoxy) is 3. The Morgan fingerprint density at radius 2 is 1.74 bits per heavy atom. The number of aromatic nitrogens is 1. The Hall–Kier alpha value is -3.92. The molecule has 0 spiro atoms. The summed E-state index contributed by atoms with van der Waals surface area (Å²) in [7, 11) is 1.70. The summed E-state index contributed by atoms with van der Waals surface area (Å²) >= 11 is 0. The summed E-state index contributed by atoms with van der Waals surface area (Å²) in [6, 6.07) is 11.4. The number of hydrogen-bond donors (Lipinski definition) is 1. The van der Waals surface area contributed by atoms with Gasteiger partial charge in [-0.15, -0.1) is 0 Å². The number of Topliss-reactive ketones (excluding diaryl/α,β-unsaturated/α-hetero) is 1. The number of pyridine rings is 1. The first-order valence-electron chi connectivity index (χ1n) is 12.7. The van der Waals surface area contributed by atoms with Gasteiger partial charge in [-0.25, -0.2) is 14.6 Å². The van der Waals surface area contributed by atoms with Crippen molar-refractivity contribution in [3.63, 3.8) is 0 Å². The van der Waals surface area contributed by atoms with Crippen LogP contribution in [0, 0.1) is 5.41 Å². The molecular weight excluding hydrogens is 488 g/mol. The molecule has 1 saturated heterocycles. The number of carbonyl (C=O) groups is 3. The molecule has 10 heteroatoms. The number of para-hydroxylation sites is 2. The maximum atomic E-state index is 13.5. The van der Waals surface area contributed by atoms with Crippen molar-refractivity contribution in [3.05, 3.63) is 60.3 Å². The minimum absolute atomic E-state index is 0.340. The molecule has 202 valence electrons. The second kappa shape index (κ2) is 12.1. The minimum Gasteiger partial charge on any atom is -0.495 e. The van der Waals surface area contributed by atoms with Gasteiger partial charge in [0, 0.05) is 51.1 Å². The van der Waals surface area contributed by atoms with Gasteiger partial charge in [0.2, 0.25) is 0 Å². The monoisotopic (exact) mass is 522 g/mol. The largest absolute Gasteiger partial charge is 0.495 e. The molecular formula is C28H34N4O6. The van der Waals surface area contributed by atoms with Crippen molar-refractivity contribution < 1.29 is 28.6 Å². The van der Waals surface area contributed by atoms with E-state index >= 15 is 0 Å². The maximum absolute atomic E-state index is 13.5. The van der Waals surface area contributed by atoms with Crippen LogP contribution in [0.1, 0.15) is 30.6 Å². The number of nitrogens with zero attached hydrogens (tertiary/aromatic N) is 3. The molecule has 0 bridgehead atoms. The fourth-order valence-electron chi connectivity index (χ4n) is 4.54. The number of methoxy groups -OCH3 is 1. The predicted molar refractivity (Wildman–Crippen MR) is 142 cm³/mol. The molecule has 1 N–H and O–H groups in total. The van der Waals surface area contributed by atoms with E-state index in [0.717, 1.165) is 62.7 Å². The third-order valence-corrected chi connectivity index (χ3v) is 6.77. The standard InChI is InChI=1S/C28H34N4O6/c1-28(2,27-37-23(33)11-12-24(34)38-27)25(35)20-8-6-13-29-26(20)30-14-7-15-31-16-18-32(19-17-31)21-9-4-5-10-22(21)36-3/h4-6,8-13,27H,7,14-19H2,1-3H3,(H,29,30). The van der Waals surface area contributed by atoms with E-state index in [4.69, 9.17) is 14.2 Å². The van der Waals surface area contributed by atoms with Crippen LogP contribution in [0.25, 0.3) is 0 Å². The van der Waals surface area contributed by atoms with Crippen LogP contribution >= 0.6 is 0 Å². The van der Waals surface area contributed by atoms with Gasteiger partial charge in [0.1, 0.15) is 17.0 Å². The highest BCUT2D eigenvalue weighted by Gasteiger charge is 2.44. The first kappa shape index (κ1) is 27.1. The molecule has 0 radical (unpaired) electrons. The number of benzene rings is 1. The molecule has 1 aromatic heterocycles. The Morgan fingerprint density at radius 3 is 2.42 bits per heavy atom. The number of carbonyl (C=O) groups excluding carboxylic acids is 3. The summed E-state index contributed by atoms with van der Waals surface area (Å²) in [6.07, 6.45) is 3.09. The molecule has 0 amide bonds. The first-order chi connectivity index (χ1) is 18.3. The van der Waals surface area contributed by atoms with E-state index in [-0.39, 0.29) is 5.78 Å². The lowest BCUT2D eigenvalue weighted by Crippen LogP contribution is -2.47. The van der Waals surface area contributed by atoms with Gasteiger partial charge in [-0.2, -0.15) is 0 Å². The number of ketones is 1. The summed E-state index contributed by atoms with van der Waals surface area (Å²) in [5, 5.41) is 3.27. The second-order valence-electron chi connectivity index (χ2n) is 9.77. The Bertz CT molecular complexity index is 1170. The zero-order valence-corrected chi connectivity index (χ0v) is 22.0. The number of hydrogen-bond acceptors (Lipinski definition) is 10. The molecule has 2 aromatic rings. The van der Waals surface area contributed by atoms with E-state index in [1.807, 2.05) is 18.2 Å². The van der Waals surface area contributed by atoms with Gasteiger partial charge in [-0.1, -0.05) is 12.1 Å². The summed E-state index contributed by atoms with van der Waals surface area (Å²) < 4.78 is 15.9. The molecule has 0 unspecified atom stereocenters. The molecule has 1 fully saturated rings. The second-order valence-corrected chi connectivity index (χ2v) is 9.77. The fraction of sp³-hybridized carbons (Fsp3) is 0.429. The van der Waals surface area contributed by atoms with Crippen molar-refractivity contribution in [2.24, 2.45) is 5.41 Å². The van der Waals surface area contributed by atoms with Gasteiger partial charge in [0.05, 0.1) is 18.4 Å². The van der Waals surface area contributed by atoms with Crippen LogP contribution in [0.4, 0.5) is 11.5 Å². The van der Waals surface area contributed by atoms with Gasteiger partial charge in [-0.3, -0.25) is 9.69 Å². The summed E-state index contributed by atoms with van der Waals surface area (Å²) in [5.74, 6) is -0.505. The Morgan fingerprint density at radius 1 is 1.05 bits per heavy atom. The average molecular weight is 523 g/mol. The van der Waals surface area contributed by atoms with Crippen molar-refractivity contribution in [2.75, 3.05) is 56.6 Å². The number of nitrogens with one attached hydrogen (secondary N) is 1. The average Bonchev–Trinajstić information content (AvgIpc) is 3.11. The zero-order chi connectivity index (χ0) is 27.1. The number of rotatable bonds is 10. The van der Waals surface area contributed by atoms with Gasteiger partial charge >= 0.3 is 11.9 Å². The van der Waals surface area contributed by atoms with Crippen LogP contribution in [-0.2, 0) is 19.1 Å². The highest BCUT2D eigenvalue weighted by atomic mass is 16.7. The number of piperazine rings is 1. The lowest BCUT2D eigenvalue weighted by atomic mass is 9.83. The fourth-order valence-corrected chi connectivity index (χ4v) is 4.54. The van der Waals surface area contributed by atoms with Crippen LogP contribution < -0.4 is 15.0 Å². The SMILES string of the molecule is COc1ccccc1N1CCN(CCCNc2ncccc2C(=O)C(C)(C)C2OC(=O)C=CC(=O)O2)CC1. The van der Waals surface area contributed by atoms with Gasteiger partial charge in [-0.05, 0) is 51.1 Å². The first-order valence-corrected chi connectivity index (χ1v) is 12.7. The molecule has 4 rings (SSSR count). The molecule has 2 aliphatic rings. The molecule has 0 atom stereocenters. The topological polar surface area (TPSA) is 110 Å². The number of esters is 2. The maximum Gasteiger partial charge on any atom is 0.334 e. The van der Waals surface area contributed by atoms with Crippen molar-refractivity contribution in [3.8, 4) is 5.75 Å². The summed E-state index contributed by atoms with van der Waals surface area (Å²) in [4.78, 5) is 46.3. The number of anilines is 2. The van der Waals surface area contributed by atoms with Crippen LogP contribution in [0.5, 0.6) is 5.75 Å². The predicted octanol–water partition coefficient (Wildman–Crippen LogP) is 2.91. The molecule has 38 heavy (non-hydrogen) atoms. The zero-order valence-electron chi connectivity index (χ0n) is 22.0. The van der Waals surface area contributed by atoms with E-state index in [2.05, 4.69) is 26.2 Å². The molecule has 2 aliphatic heterocycles. The van der Waals surface area contributed by atoms with Crippen LogP contribution in [0.2, 0.25) is 0 Å². The third-order valence-electron chi connectivity index (χ3n) is 6.77. The van der Waals surface area contributed by atoms with E-state index in [9.17, 15) is 14.4 Å². The molecule has 10 nitrogen and oxygen atoms in total. The van der Waals surface area contributed by atoms with Crippen molar-refractivity contribution in [2.45, 2.75) is 26.6 Å². The highest BCUT2D eigenvalue weighted by molar-refractivity contribution is 6.04. The normalized spacial score (nSPS) is 17.0. The Balaban J connectivity index is 1.29. The lowest BCUT2D eigenvalue weighted by molar-refractivity contribution is -0.193. The smallest absolute Gasteiger partial charge is 0.334 e. The summed E-state index contributed by atoms with van der Waals surface area (Å²) in [6.45, 7) is 8.44.